The number of ether oxygens (including phenoxy) is 1. The number of hydrogen-bond acceptors (Lipinski definition) is 24. The van der Waals surface area contributed by atoms with Crippen LogP contribution in [0.2, 0.25) is 0 Å². The minimum Gasteiger partial charge on any atom is -0.462 e. The van der Waals surface area contributed by atoms with Crippen LogP contribution in [-0.2, 0) is 38.4 Å². The summed E-state index contributed by atoms with van der Waals surface area (Å²) in [6.45, 7) is 7.13. The van der Waals surface area contributed by atoms with E-state index in [1.807, 2.05) is 144 Å². The van der Waals surface area contributed by atoms with Crippen LogP contribution < -0.4 is 47.9 Å². The number of fused-ring (bicyclic) bond motifs is 9. The number of nitrogens with zero attached hydrogens (tertiary/aromatic N) is 16. The van der Waals surface area contributed by atoms with Gasteiger partial charge in [0.25, 0.3) is 11.8 Å². The molecule has 2 fully saturated rings. The molecule has 12 bridgehead atoms. The number of anilines is 15. The van der Waals surface area contributed by atoms with Crippen LogP contribution in [0, 0.1) is 0 Å². The van der Waals surface area contributed by atoms with Gasteiger partial charge in [0, 0.05) is 144 Å². The Labute approximate surface area is 656 Å². The van der Waals surface area contributed by atoms with Crippen LogP contribution in [0.5, 0.6) is 0 Å². The first-order chi connectivity index (χ1) is 55.5. The molecule has 114 heavy (non-hydrogen) atoms. The van der Waals surface area contributed by atoms with Crippen molar-refractivity contribution in [3.63, 3.8) is 0 Å². The molecule has 5 aliphatic heterocycles. The van der Waals surface area contributed by atoms with Crippen molar-refractivity contribution < 1.29 is 33.5 Å². The van der Waals surface area contributed by atoms with Crippen LogP contribution in [-0.4, -0.2) is 187 Å². The quantitative estimate of drug-likeness (QED) is 0.0543. The zero-order valence-electron chi connectivity index (χ0n) is 63.8. The second-order valence-corrected chi connectivity index (χ2v) is 28.8. The number of carbonyl (C=O) groups excluding carboxylic acids is 6. The summed E-state index contributed by atoms with van der Waals surface area (Å²) in [6.07, 6.45) is 14.7. The Kier molecular flexibility index (Phi) is 23.2. The fourth-order valence-electron chi connectivity index (χ4n) is 14.2. The lowest BCUT2D eigenvalue weighted by Crippen LogP contribution is -2.47. The number of likely N-dealkylation sites (N-methyl/N-ethyl adjacent to an activating group) is 3. The summed E-state index contributed by atoms with van der Waals surface area (Å²) in [5.41, 5.74) is 13.2. The Bertz CT molecular complexity index is 5560. The van der Waals surface area contributed by atoms with Gasteiger partial charge >= 0.3 is 5.97 Å². The van der Waals surface area contributed by atoms with Gasteiger partial charge in [-0.15, -0.1) is 0 Å². The molecular formula is C82H89N25O7. The SMILES string of the molecule is CCOC(=O)c1cccc(Nc2nc3nc4c(cnn24)CCCCC(=O)Nc2cccc(c2)N3)c1.CN1CCC(N(C)C(=O)c2cccc(Nc3nc4nc5c(cnn35)CCCCC(=O)Nc3cccc(c3)N4)c2)C1.CN1CCN(C(=O)c2cccc(Nc3nc4nc5c(cnn35)CCCCC(=O)Nc3cccc(c3)N4)c2)CC1. The molecule has 6 aromatic heterocycles. The lowest BCUT2D eigenvalue weighted by Gasteiger charge is -2.32. The highest BCUT2D eigenvalue weighted by Gasteiger charge is 2.29. The number of aryl methyl sites for hydroxylation is 3. The molecule has 17 rings (SSSR count). The van der Waals surface area contributed by atoms with Crippen LogP contribution in [0.4, 0.5) is 86.9 Å². The molecule has 2 saturated heterocycles. The molecule has 0 aliphatic carbocycles. The summed E-state index contributed by atoms with van der Waals surface area (Å²) < 4.78 is 10.1. The molecule has 0 radical (unpaired) electrons. The van der Waals surface area contributed by atoms with E-state index in [0.717, 1.165) is 149 Å². The molecule has 1 atom stereocenters. The Morgan fingerprint density at radius 1 is 0.439 bits per heavy atom. The van der Waals surface area contributed by atoms with E-state index >= 15 is 0 Å². The molecule has 584 valence electrons. The third-order valence-electron chi connectivity index (χ3n) is 20.2. The van der Waals surface area contributed by atoms with Crippen molar-refractivity contribution >= 4 is 139 Å². The summed E-state index contributed by atoms with van der Waals surface area (Å²) in [5, 5.41) is 42.3. The standard InChI is InChI=1S/C29H33N9O2.C28H31N9O2.C25H25N7O3/c1-36-14-13-24(18-36)37(2)27(40)19-8-5-9-21(15-19)33-29-35-28-32-23-11-6-10-22(16-23)31-25(39)12-4-3-7-20-17-30-38(29)26(20)34-28;1-35-12-14-36(15-13-35)26(39)19-7-4-8-21(16-19)32-28-34-27-31-23-10-5-9-22(17-23)30-24(38)11-3-2-6-20-18-29-37(28)25(20)33-27;1-2-35-23(34)16-8-5-9-18(13-16)29-25-31-24-28-20-11-6-10-19(14-20)27-21(33)12-4-3-7-17-15-26-32(25)22(17)30-24/h5-6,8-11,15-17,24H,3-4,7,12-14,18H2,1-2H3,(H,31,39)(H2,32,33,34,35);4-5,7-10,16-18H,2-3,6,11-15H2,1H3,(H,30,38)(H2,31,32,33,34);5-6,8-11,13-15H,2-4,7,12H2,1H3,(H,27,33)(H2,28,29,30,31). The van der Waals surface area contributed by atoms with E-state index in [0.29, 0.717) is 118 Å². The number of piperazine rings is 1. The first kappa shape index (κ1) is 75.9. The van der Waals surface area contributed by atoms with Crippen molar-refractivity contribution in [2.45, 2.75) is 96.4 Å². The number of rotatable bonds is 11. The van der Waals surface area contributed by atoms with Gasteiger partial charge in [0.15, 0.2) is 16.9 Å². The number of esters is 1. The first-order valence-corrected chi connectivity index (χ1v) is 38.5. The second kappa shape index (κ2) is 34.8. The van der Waals surface area contributed by atoms with Crippen molar-refractivity contribution in [1.82, 2.24) is 78.3 Å². The Hall–Kier alpha value is -13.5. The molecule has 1 unspecified atom stereocenters. The molecule has 0 spiro atoms. The van der Waals surface area contributed by atoms with E-state index in [9.17, 15) is 28.8 Å². The average Bonchev–Trinajstić information content (AvgIpc) is 1.48. The van der Waals surface area contributed by atoms with Gasteiger partial charge in [-0.3, -0.25) is 24.0 Å². The van der Waals surface area contributed by atoms with Gasteiger partial charge in [0.1, 0.15) is 0 Å². The van der Waals surface area contributed by atoms with Crippen LogP contribution >= 0.6 is 0 Å². The predicted molar refractivity (Wildman–Crippen MR) is 437 cm³/mol. The number of carbonyl (C=O) groups is 6. The highest BCUT2D eigenvalue weighted by atomic mass is 16.5. The maximum Gasteiger partial charge on any atom is 0.338 e. The average molecular weight is 1540 g/mol. The predicted octanol–water partition coefficient (Wildman–Crippen LogP) is 12.2. The number of benzene rings is 6. The Morgan fingerprint density at radius 2 is 0.807 bits per heavy atom. The monoisotopic (exact) mass is 1540 g/mol. The van der Waals surface area contributed by atoms with E-state index in [4.69, 9.17) is 29.7 Å². The summed E-state index contributed by atoms with van der Waals surface area (Å²) in [6, 6.07) is 44.5. The normalized spacial score (nSPS) is 16.0. The van der Waals surface area contributed by atoms with E-state index < -0.39 is 0 Å². The van der Waals surface area contributed by atoms with Gasteiger partial charge in [-0.05, 0) is 201 Å². The molecular weight excluding hydrogens is 1450 g/mol. The maximum atomic E-state index is 13.3. The topological polar surface area (TPSA) is 362 Å². The molecule has 11 heterocycles. The Balaban J connectivity index is 0.000000135. The van der Waals surface area contributed by atoms with E-state index in [1.54, 1.807) is 57.3 Å². The largest absolute Gasteiger partial charge is 0.462 e. The highest BCUT2D eigenvalue weighted by molar-refractivity contribution is 5.97. The summed E-state index contributed by atoms with van der Waals surface area (Å²) in [7, 11) is 6.03. The number of amides is 5. The Morgan fingerprint density at radius 3 is 1.21 bits per heavy atom. The molecule has 32 heteroatoms. The van der Waals surface area contributed by atoms with Crippen molar-refractivity contribution in [3.8, 4) is 0 Å². The van der Waals surface area contributed by atoms with Gasteiger partial charge < -0.3 is 72.2 Å². The number of hydrogen-bond donors (Lipinski definition) is 9. The van der Waals surface area contributed by atoms with E-state index in [2.05, 4.69) is 92.0 Å². The minimum absolute atomic E-state index is 0.000968. The van der Waals surface area contributed by atoms with Gasteiger partial charge in [0.2, 0.25) is 53.4 Å². The number of aromatic nitrogens is 12. The molecule has 12 aromatic rings. The third kappa shape index (κ3) is 18.6. The first-order valence-electron chi connectivity index (χ1n) is 38.5. The van der Waals surface area contributed by atoms with Crippen molar-refractivity contribution in [1.29, 1.82) is 0 Å². The molecule has 6 aromatic carbocycles. The fourth-order valence-corrected chi connectivity index (χ4v) is 14.2. The lowest BCUT2D eigenvalue weighted by molar-refractivity contribution is -0.117. The van der Waals surface area contributed by atoms with Crippen LogP contribution in [0.1, 0.15) is 119 Å². The van der Waals surface area contributed by atoms with Crippen LogP contribution in [0.25, 0.3) is 16.9 Å². The lowest BCUT2D eigenvalue weighted by atomic mass is 10.1. The maximum absolute atomic E-state index is 13.3. The molecule has 9 N–H and O–H groups in total. The van der Waals surface area contributed by atoms with Crippen molar-refractivity contribution in [2.75, 3.05) is 115 Å². The zero-order chi connectivity index (χ0) is 78.6. The van der Waals surface area contributed by atoms with Crippen LogP contribution in [0.15, 0.2) is 164 Å². The molecule has 32 nitrogen and oxygen atoms in total. The summed E-state index contributed by atoms with van der Waals surface area (Å²) in [5.74, 6) is 2.20. The molecule has 5 aliphatic rings. The van der Waals surface area contributed by atoms with Crippen molar-refractivity contribution in [2.24, 2.45) is 0 Å². The van der Waals surface area contributed by atoms with E-state index in [1.165, 1.54) is 0 Å². The fraction of sp³-hybridized carbons (Fsp3) is 0.305. The highest BCUT2D eigenvalue weighted by Crippen LogP contribution is 2.31. The van der Waals surface area contributed by atoms with E-state index in [-0.39, 0.29) is 41.5 Å². The summed E-state index contributed by atoms with van der Waals surface area (Å²) >= 11 is 0. The number of likely N-dealkylation sites (tertiary alicyclic amines) is 1. The summed E-state index contributed by atoms with van der Waals surface area (Å²) in [4.78, 5) is 112. The second-order valence-electron chi connectivity index (χ2n) is 28.8. The van der Waals surface area contributed by atoms with Crippen molar-refractivity contribution in [3.05, 3.63) is 198 Å². The van der Waals surface area contributed by atoms with Gasteiger partial charge in [-0.1, -0.05) is 36.4 Å². The van der Waals surface area contributed by atoms with Gasteiger partial charge in [-0.2, -0.15) is 58.7 Å². The molecule has 5 amide bonds. The van der Waals surface area contributed by atoms with Gasteiger partial charge in [0.05, 0.1) is 30.8 Å². The third-order valence-corrected chi connectivity index (χ3v) is 20.2. The van der Waals surface area contributed by atoms with Gasteiger partial charge in [-0.25, -0.2) is 4.79 Å². The number of nitrogens with one attached hydrogen (secondary N) is 9. The van der Waals surface area contributed by atoms with Crippen LogP contribution in [0.3, 0.4) is 0 Å². The minimum atomic E-state index is -0.388. The zero-order valence-corrected chi connectivity index (χ0v) is 63.8. The smallest absolute Gasteiger partial charge is 0.338 e. The molecule has 0 saturated carbocycles.